The maximum atomic E-state index is 14.3. The first-order valence-electron chi connectivity index (χ1n) is 22.2. The minimum absolute atomic E-state index is 0.0399. The van der Waals surface area contributed by atoms with Crippen LogP contribution in [0.2, 0.25) is 0 Å². The number of hydrogen-bond donors (Lipinski definition) is 4. The molecule has 3 heterocycles. The van der Waals surface area contributed by atoms with Gasteiger partial charge in [-0.05, 0) is 103 Å². The van der Waals surface area contributed by atoms with E-state index in [1.807, 2.05) is 67.0 Å². The Bertz CT molecular complexity index is 2960. The Kier molecular flexibility index (Phi) is 10.5. The third-order valence-electron chi connectivity index (χ3n) is 13.7. The number of ether oxygens (including phenoxy) is 2. The molecule has 3 aliphatic rings. The summed E-state index contributed by atoms with van der Waals surface area (Å²) in [5.41, 5.74) is 6.29. The maximum absolute atomic E-state index is 14.3. The third kappa shape index (κ3) is 7.24. The summed E-state index contributed by atoms with van der Waals surface area (Å²) in [6.07, 6.45) is 3.37. The topological polar surface area (TPSA) is 175 Å². The van der Waals surface area contributed by atoms with Crippen molar-refractivity contribution < 1.29 is 28.7 Å². The number of amides is 4. The van der Waals surface area contributed by atoms with Crippen LogP contribution in [0.1, 0.15) is 88.2 Å². The van der Waals surface area contributed by atoms with E-state index in [0.717, 1.165) is 92.7 Å². The van der Waals surface area contributed by atoms with Gasteiger partial charge in [0.05, 0.1) is 48.4 Å². The molecule has 5 aromatic carbocycles. The number of carbonyl (C=O) groups is 4. The summed E-state index contributed by atoms with van der Waals surface area (Å²) in [4.78, 5) is 74.3. The van der Waals surface area contributed by atoms with Crippen molar-refractivity contribution in [2.45, 2.75) is 89.1 Å². The molecule has 4 amide bonds. The number of likely N-dealkylation sites (tertiary alicyclic amines) is 1. The number of H-pyrrole nitrogens is 2. The normalized spacial score (nSPS) is 19.6. The van der Waals surface area contributed by atoms with Gasteiger partial charge in [-0.1, -0.05) is 80.6 Å². The molecule has 0 radical (unpaired) electrons. The van der Waals surface area contributed by atoms with E-state index in [0.29, 0.717) is 17.3 Å². The fraction of sp³-hybridized carbons (Fsp3) is 0.360. The summed E-state index contributed by atoms with van der Waals surface area (Å²) in [6.45, 7) is 5.85. The van der Waals surface area contributed by atoms with Gasteiger partial charge < -0.3 is 39.9 Å². The molecule has 2 saturated carbocycles. The van der Waals surface area contributed by atoms with Crippen LogP contribution in [0, 0.1) is 11.8 Å². The number of benzene rings is 5. The van der Waals surface area contributed by atoms with Crippen LogP contribution in [0.15, 0.2) is 91.0 Å². The van der Waals surface area contributed by atoms with Crippen molar-refractivity contribution in [2.24, 2.45) is 11.8 Å². The number of alkyl carbamates (subject to hydrolysis) is 2. The zero-order chi connectivity index (χ0) is 44.4. The number of piperidine rings is 1. The minimum atomic E-state index is -0.907. The summed E-state index contributed by atoms with van der Waals surface area (Å²) in [6, 6.07) is 28.4. The molecule has 3 fully saturated rings. The fourth-order valence-corrected chi connectivity index (χ4v) is 10.3. The number of fused-ring (bicyclic) bond motifs is 8. The third-order valence-corrected chi connectivity index (χ3v) is 13.7. The average molecular weight is 861 g/mol. The number of aromatic amines is 2. The highest BCUT2D eigenvalue weighted by Gasteiger charge is 2.51. The molecule has 1 aliphatic heterocycles. The lowest BCUT2D eigenvalue weighted by molar-refractivity contribution is -0.139. The van der Waals surface area contributed by atoms with Crippen molar-refractivity contribution in [3.8, 4) is 11.1 Å². The van der Waals surface area contributed by atoms with Crippen LogP contribution in [0.3, 0.4) is 0 Å². The lowest BCUT2D eigenvalue weighted by atomic mass is 9.95. The Morgan fingerprint density at radius 2 is 1.36 bits per heavy atom. The van der Waals surface area contributed by atoms with Gasteiger partial charge in [-0.25, -0.2) is 19.6 Å². The van der Waals surface area contributed by atoms with Crippen LogP contribution in [0.5, 0.6) is 0 Å². The highest BCUT2D eigenvalue weighted by atomic mass is 16.5. The Morgan fingerprint density at radius 1 is 0.734 bits per heavy atom. The number of rotatable bonds is 11. The van der Waals surface area contributed by atoms with Gasteiger partial charge in [-0.15, -0.1) is 0 Å². The van der Waals surface area contributed by atoms with E-state index < -0.39 is 24.3 Å². The van der Waals surface area contributed by atoms with Crippen LogP contribution in [0.25, 0.3) is 54.7 Å². The molecular formula is C50H52N8O6. The standard InChI is InChI=1S/C50H52N8O6/c1-26(2)40(55-49(61)63-4)47(59)58-35-16-11-33(25-35)44(58)46-52-39-22-15-32-24-30(13-20-37(32)43(39)54-46)29-12-19-36-31(23-29)14-21-38-42(36)53-45(51-38)27(3)57(34-17-18-34)48(60)41(56-50(62)64-5)28-9-7-6-8-10-28/h6-10,12-15,19-24,26-27,33-35,40-41,44H,11,16-18,25H2,1-5H3,(H,51,53)(H,52,54)(H,55,61)(H,56,62)/t27-,33-,35+,40-,41+,44-/m0/s1. The number of hydrogen-bond acceptors (Lipinski definition) is 8. The first kappa shape index (κ1) is 41.1. The minimum Gasteiger partial charge on any atom is -0.453 e. The smallest absolute Gasteiger partial charge is 0.407 e. The van der Waals surface area contributed by atoms with Crippen LogP contribution in [0.4, 0.5) is 9.59 Å². The molecule has 4 N–H and O–H groups in total. The Morgan fingerprint density at radius 3 is 1.98 bits per heavy atom. The summed E-state index contributed by atoms with van der Waals surface area (Å²) in [7, 11) is 2.60. The summed E-state index contributed by atoms with van der Waals surface area (Å²) in [5, 5.41) is 9.65. The molecule has 0 unspecified atom stereocenters. The predicted molar refractivity (Wildman–Crippen MR) is 244 cm³/mol. The molecule has 2 aromatic heterocycles. The number of carbonyl (C=O) groups excluding carboxylic acids is 4. The van der Waals surface area contributed by atoms with Crippen LogP contribution >= 0.6 is 0 Å². The van der Waals surface area contributed by atoms with E-state index in [4.69, 9.17) is 19.4 Å². The van der Waals surface area contributed by atoms with Crippen LogP contribution in [-0.4, -0.2) is 86.1 Å². The van der Waals surface area contributed by atoms with Crippen molar-refractivity contribution in [2.75, 3.05) is 14.2 Å². The van der Waals surface area contributed by atoms with Crippen molar-refractivity contribution in [1.82, 2.24) is 40.4 Å². The van der Waals surface area contributed by atoms with Gasteiger partial charge in [0.1, 0.15) is 23.7 Å². The monoisotopic (exact) mass is 860 g/mol. The van der Waals surface area contributed by atoms with Gasteiger partial charge in [-0.2, -0.15) is 0 Å². The molecule has 6 atom stereocenters. The number of nitrogens with zero attached hydrogens (tertiary/aromatic N) is 4. The van der Waals surface area contributed by atoms with Crippen LogP contribution in [-0.2, 0) is 19.1 Å². The molecule has 0 spiro atoms. The van der Waals surface area contributed by atoms with Gasteiger partial charge >= 0.3 is 12.2 Å². The van der Waals surface area contributed by atoms with Gasteiger partial charge in [-0.3, -0.25) is 9.59 Å². The fourth-order valence-electron chi connectivity index (χ4n) is 10.3. The lowest BCUT2D eigenvalue weighted by Crippen LogP contribution is -2.54. The van der Waals surface area contributed by atoms with Crippen molar-refractivity contribution in [3.63, 3.8) is 0 Å². The molecule has 14 nitrogen and oxygen atoms in total. The Hall–Kier alpha value is -6.96. The second-order valence-corrected chi connectivity index (χ2v) is 17.9. The van der Waals surface area contributed by atoms with E-state index in [9.17, 15) is 19.2 Å². The maximum Gasteiger partial charge on any atom is 0.407 e. The summed E-state index contributed by atoms with van der Waals surface area (Å²) < 4.78 is 9.75. The molecule has 64 heavy (non-hydrogen) atoms. The second kappa shape index (κ2) is 16.3. The van der Waals surface area contributed by atoms with E-state index >= 15 is 0 Å². The first-order valence-corrected chi connectivity index (χ1v) is 22.2. The number of imidazole rings is 2. The highest BCUT2D eigenvalue weighted by molar-refractivity contribution is 6.07. The summed E-state index contributed by atoms with van der Waals surface area (Å²) >= 11 is 0. The number of nitrogens with one attached hydrogen (secondary N) is 4. The van der Waals surface area contributed by atoms with Gasteiger partial charge in [0.15, 0.2) is 0 Å². The van der Waals surface area contributed by atoms with Crippen molar-refractivity contribution in [3.05, 3.63) is 108 Å². The SMILES string of the molecule is COC(=O)N[C@H](C(=O)N1[C@@H]2CC[C@@H](C2)[C@H]1c1nc2c(ccc3cc(-c4ccc5c(ccc6[nH]c([C@H](C)N(C(=O)[C@H](NC(=O)OC)c7ccccc7)C7CC7)nc65)c4)ccc32)[nH]1)C(C)C. The molecule has 7 aromatic rings. The molecule has 14 heteroatoms. The number of aromatic nitrogens is 4. The van der Waals surface area contributed by atoms with Gasteiger partial charge in [0.2, 0.25) is 5.91 Å². The van der Waals surface area contributed by atoms with E-state index in [1.165, 1.54) is 14.2 Å². The van der Waals surface area contributed by atoms with Crippen molar-refractivity contribution >= 4 is 67.6 Å². The largest absolute Gasteiger partial charge is 0.453 e. The second-order valence-electron chi connectivity index (χ2n) is 17.9. The van der Waals surface area contributed by atoms with Gasteiger partial charge in [0, 0.05) is 22.9 Å². The summed E-state index contributed by atoms with van der Waals surface area (Å²) in [5.74, 6) is 1.33. The van der Waals surface area contributed by atoms with E-state index in [2.05, 4.69) is 75.2 Å². The molecule has 10 rings (SSSR count). The molecule has 2 bridgehead atoms. The molecule has 2 aliphatic carbocycles. The van der Waals surface area contributed by atoms with Gasteiger partial charge in [0.25, 0.3) is 5.91 Å². The highest BCUT2D eigenvalue weighted by Crippen LogP contribution is 2.50. The average Bonchev–Trinajstić information content (AvgIpc) is 3.64. The number of methoxy groups -OCH3 is 2. The zero-order valence-electron chi connectivity index (χ0n) is 36.6. The first-order chi connectivity index (χ1) is 31.0. The molecule has 1 saturated heterocycles. The molecule has 328 valence electrons. The molecular weight excluding hydrogens is 809 g/mol. The lowest BCUT2D eigenvalue weighted by Gasteiger charge is -2.37. The Labute approximate surface area is 370 Å². The zero-order valence-corrected chi connectivity index (χ0v) is 36.6. The predicted octanol–water partition coefficient (Wildman–Crippen LogP) is 8.99. The Balaban J connectivity index is 0.924. The van der Waals surface area contributed by atoms with E-state index in [1.54, 1.807) is 0 Å². The van der Waals surface area contributed by atoms with Crippen LogP contribution < -0.4 is 10.6 Å². The van der Waals surface area contributed by atoms with Crippen molar-refractivity contribution in [1.29, 1.82) is 0 Å². The quantitative estimate of drug-likeness (QED) is 0.0997. The van der Waals surface area contributed by atoms with E-state index in [-0.39, 0.29) is 41.9 Å².